The van der Waals surface area contributed by atoms with Crippen molar-refractivity contribution in [1.29, 1.82) is 0 Å². The van der Waals surface area contributed by atoms with E-state index in [1.807, 2.05) is 0 Å². The van der Waals surface area contributed by atoms with Gasteiger partial charge in [-0.15, -0.1) is 69.1 Å². The van der Waals surface area contributed by atoms with Gasteiger partial charge in [-0.2, -0.15) is 12.1 Å². The van der Waals surface area contributed by atoms with Gasteiger partial charge in [0.15, 0.2) is 0 Å². The number of hydrogen-bond acceptors (Lipinski definition) is 2. The summed E-state index contributed by atoms with van der Waals surface area (Å²) >= 11 is -0.826. The molecule has 6 heteroatoms. The molecule has 0 heterocycles. The van der Waals surface area contributed by atoms with Crippen LogP contribution in [0.1, 0.15) is 22.3 Å². The molecule has 0 saturated heterocycles. The summed E-state index contributed by atoms with van der Waals surface area (Å²) in [5, 5.41) is 5.28. The molecule has 0 aliphatic rings. The van der Waals surface area contributed by atoms with Crippen molar-refractivity contribution in [3.05, 3.63) is 131 Å². The Balaban J connectivity index is 0.000000195. The van der Waals surface area contributed by atoms with E-state index in [0.717, 1.165) is 9.52 Å². The Morgan fingerprint density at radius 2 is 0.952 bits per heavy atom. The van der Waals surface area contributed by atoms with Crippen LogP contribution in [0.25, 0.3) is 43.8 Å². The molecule has 2 nitrogen and oxygen atoms in total. The third-order valence-electron chi connectivity index (χ3n) is 6.79. The molecule has 214 valence electrons. The van der Waals surface area contributed by atoms with Gasteiger partial charge in [0.05, 0.1) is 0 Å². The first-order valence-electron chi connectivity index (χ1n) is 13.8. The van der Waals surface area contributed by atoms with Gasteiger partial charge in [-0.1, -0.05) is 98.7 Å². The van der Waals surface area contributed by atoms with Gasteiger partial charge in [-0.25, -0.2) is 0 Å². The molecule has 4 N–H and O–H groups in total. The minimum atomic E-state index is -0.826. The quantitative estimate of drug-likeness (QED) is 0.143. The number of halogens is 2. The Kier molecular flexibility index (Phi) is 14.4. The van der Waals surface area contributed by atoms with Gasteiger partial charge in [0.1, 0.15) is 0 Å². The van der Waals surface area contributed by atoms with Gasteiger partial charge in [-0.05, 0) is 22.3 Å². The molecule has 0 unspecified atom stereocenters. The van der Waals surface area contributed by atoms with Crippen LogP contribution in [0.2, 0.25) is 13.1 Å². The van der Waals surface area contributed by atoms with Gasteiger partial charge in [0.25, 0.3) is 0 Å². The van der Waals surface area contributed by atoms with E-state index in [1.165, 1.54) is 66.1 Å². The van der Waals surface area contributed by atoms with E-state index in [4.69, 9.17) is 28.5 Å². The van der Waals surface area contributed by atoms with Gasteiger partial charge in [0.2, 0.25) is 0 Å². The third-order valence-corrected chi connectivity index (χ3v) is 6.79. The van der Waals surface area contributed by atoms with Crippen molar-refractivity contribution in [3.8, 4) is 22.3 Å². The van der Waals surface area contributed by atoms with E-state index in [9.17, 15) is 0 Å². The first kappa shape index (κ1) is 34.2. The fourth-order valence-corrected chi connectivity index (χ4v) is 4.91. The summed E-state index contributed by atoms with van der Waals surface area (Å²) < 4.78 is 0. The SMILES string of the molecule is C[Si]C.Cc1cc2c(-c3ccc(CN)cc3)cccc2[cH-]1.Cc1cc2c(-c3ccc(CN)cc3)cccc2[cH-]1.[Cl][Zr+2][Cl]. The number of hydrogen-bond donors (Lipinski definition) is 2. The van der Waals surface area contributed by atoms with Crippen LogP contribution in [0.15, 0.2) is 109 Å². The molecule has 0 aliphatic carbocycles. The maximum atomic E-state index is 5.63. The Labute approximate surface area is 272 Å². The van der Waals surface area contributed by atoms with Crippen molar-refractivity contribution in [3.63, 3.8) is 0 Å². The fourth-order valence-electron chi connectivity index (χ4n) is 4.91. The zero-order valence-electron chi connectivity index (χ0n) is 24.7. The van der Waals surface area contributed by atoms with Crippen LogP contribution in [0.5, 0.6) is 0 Å². The van der Waals surface area contributed by atoms with Gasteiger partial charge in [0, 0.05) is 22.6 Å². The van der Waals surface area contributed by atoms with Gasteiger partial charge < -0.3 is 11.5 Å². The van der Waals surface area contributed by atoms with Crippen molar-refractivity contribution in [1.82, 2.24) is 0 Å². The summed E-state index contributed by atoms with van der Waals surface area (Å²) in [6, 6.07) is 38.9. The first-order valence-corrected chi connectivity index (χ1v) is 22.2. The molecular formula is C36H38Cl2N2SiZr. The predicted octanol–water partition coefficient (Wildman–Crippen LogP) is 10.1. The van der Waals surface area contributed by atoms with Crippen molar-refractivity contribution >= 4 is 48.1 Å². The second-order valence-corrected chi connectivity index (χ2v) is 14.8. The molecule has 6 aromatic rings. The molecule has 42 heavy (non-hydrogen) atoms. The van der Waals surface area contributed by atoms with Crippen molar-refractivity contribution in [2.24, 2.45) is 11.5 Å². The fraction of sp³-hybridized carbons (Fsp3) is 0.167. The first-order chi connectivity index (χ1) is 20.4. The Morgan fingerprint density at radius 1 is 0.619 bits per heavy atom. The molecule has 6 rings (SSSR count). The number of benzene rings is 4. The molecule has 0 fully saturated rings. The van der Waals surface area contributed by atoms with Crippen molar-refractivity contribution in [2.45, 2.75) is 40.0 Å². The normalized spacial score (nSPS) is 10.1. The summed E-state index contributed by atoms with van der Waals surface area (Å²) in [7, 11) is 11.0. The van der Waals surface area contributed by atoms with Crippen LogP contribution in [0, 0.1) is 13.8 Å². The molecule has 6 aromatic carbocycles. The molecule has 0 bridgehead atoms. The van der Waals surface area contributed by atoms with Crippen molar-refractivity contribution in [2.75, 3.05) is 0 Å². The third kappa shape index (κ3) is 9.35. The number of rotatable bonds is 4. The molecule has 0 saturated carbocycles. The summed E-state index contributed by atoms with van der Waals surface area (Å²) in [6.45, 7) is 9.78. The zero-order valence-corrected chi connectivity index (χ0v) is 29.7. The summed E-state index contributed by atoms with van der Waals surface area (Å²) in [6.07, 6.45) is 0. The Bertz CT molecular complexity index is 1530. The summed E-state index contributed by atoms with van der Waals surface area (Å²) in [5.74, 6) is 0. The van der Waals surface area contributed by atoms with Crippen molar-refractivity contribution < 1.29 is 20.8 Å². The van der Waals surface area contributed by atoms with E-state index in [-0.39, 0.29) is 0 Å². The number of aryl methyl sites for hydroxylation is 2. The van der Waals surface area contributed by atoms with Gasteiger partial charge >= 0.3 is 37.9 Å². The molecule has 0 atom stereocenters. The second kappa shape index (κ2) is 17.7. The molecule has 0 amide bonds. The number of fused-ring (bicyclic) bond motifs is 2. The molecule has 0 spiro atoms. The predicted molar refractivity (Wildman–Crippen MR) is 184 cm³/mol. The van der Waals surface area contributed by atoms with Crippen LogP contribution < -0.4 is 11.5 Å². The average molecular weight is 689 g/mol. The molecule has 0 aromatic heterocycles. The molecular weight excluding hydrogens is 651 g/mol. The standard InChI is InChI=1S/2C17H16N.C2H6Si.2ClH.Zr/c2*1-12-9-15-3-2-4-16(17(15)10-12)14-7-5-13(11-18)6-8-14;1-3-2;;;/h2*2-10H,11,18H2,1H3;1-2H3;2*1H;/q2*-1;;;;+4/p-2. The molecule has 0 aliphatic heterocycles. The van der Waals surface area contributed by atoms with Crippen LogP contribution >= 0.6 is 17.0 Å². The molecule has 2 radical (unpaired) electrons. The average Bonchev–Trinajstić information content (AvgIpc) is 3.59. The van der Waals surface area contributed by atoms with Crippen LogP contribution in [-0.2, 0) is 33.9 Å². The topological polar surface area (TPSA) is 52.0 Å². The minimum absolute atomic E-state index is 0.597. The Morgan fingerprint density at radius 3 is 1.26 bits per heavy atom. The van der Waals surface area contributed by atoms with E-state index < -0.39 is 20.8 Å². The van der Waals surface area contributed by atoms with Crippen LogP contribution in [0.4, 0.5) is 0 Å². The number of nitrogens with two attached hydrogens (primary N) is 2. The van der Waals surface area contributed by atoms with E-state index in [1.54, 1.807) is 0 Å². The van der Waals surface area contributed by atoms with Crippen LogP contribution in [-0.4, -0.2) is 9.52 Å². The van der Waals surface area contributed by atoms with Crippen LogP contribution in [0.3, 0.4) is 0 Å². The summed E-state index contributed by atoms with van der Waals surface area (Å²) in [4.78, 5) is 0. The second-order valence-electron chi connectivity index (χ2n) is 10.1. The Hall–Kier alpha value is -2.30. The van der Waals surface area contributed by atoms with E-state index in [2.05, 4.69) is 136 Å². The zero-order chi connectivity index (χ0) is 30.5. The van der Waals surface area contributed by atoms with E-state index >= 15 is 0 Å². The monoisotopic (exact) mass is 686 g/mol. The van der Waals surface area contributed by atoms with Gasteiger partial charge in [-0.3, -0.25) is 0 Å². The van der Waals surface area contributed by atoms with E-state index in [0.29, 0.717) is 13.1 Å². The summed E-state index contributed by atoms with van der Waals surface area (Å²) in [5.41, 5.74) is 21.3. The maximum absolute atomic E-state index is 5.63.